The van der Waals surface area contributed by atoms with Crippen LogP contribution >= 0.6 is 0 Å². The van der Waals surface area contributed by atoms with Crippen LogP contribution in [0.15, 0.2) is 35.3 Å². The van der Waals surface area contributed by atoms with Gasteiger partial charge in [0, 0.05) is 19.3 Å². The van der Waals surface area contributed by atoms with Crippen molar-refractivity contribution in [1.82, 2.24) is 14.5 Å². The second-order valence-electron chi connectivity index (χ2n) is 4.76. The predicted octanol–water partition coefficient (Wildman–Crippen LogP) is 2.02. The van der Waals surface area contributed by atoms with Crippen molar-refractivity contribution < 1.29 is 4.42 Å². The number of aromatic nitrogens is 2. The average molecular weight is 262 g/mol. The third-order valence-corrected chi connectivity index (χ3v) is 3.29. The summed E-state index contributed by atoms with van der Waals surface area (Å²) in [6.45, 7) is 4.44. The van der Waals surface area contributed by atoms with Gasteiger partial charge < -0.3 is 14.7 Å². The molecule has 2 heterocycles. The van der Waals surface area contributed by atoms with Crippen LogP contribution in [0.25, 0.3) is 0 Å². The predicted molar refractivity (Wildman–Crippen MR) is 74.5 cm³/mol. The Hall–Kier alpha value is -1.59. The highest BCUT2D eigenvalue weighted by atomic mass is 16.3. The Labute approximate surface area is 114 Å². The van der Waals surface area contributed by atoms with E-state index in [0.717, 1.165) is 25.3 Å². The standard InChI is InChI=1S/C14H22N4O/c1-3-6-18-11-16-9-14(18)13(8-15)17(2)10-12-5-4-7-19-12/h4-5,7,9,11,13H,3,6,8,10,15H2,1-2H3. The normalized spacial score (nSPS) is 13.1. The molecule has 0 saturated heterocycles. The molecule has 0 aliphatic heterocycles. The molecule has 5 heteroatoms. The first-order valence-electron chi connectivity index (χ1n) is 6.69. The minimum absolute atomic E-state index is 0.152. The summed E-state index contributed by atoms with van der Waals surface area (Å²) in [6.07, 6.45) is 6.57. The zero-order chi connectivity index (χ0) is 13.7. The molecule has 2 N–H and O–H groups in total. The van der Waals surface area contributed by atoms with Gasteiger partial charge in [-0.15, -0.1) is 0 Å². The maximum atomic E-state index is 5.95. The molecule has 0 spiro atoms. The summed E-state index contributed by atoms with van der Waals surface area (Å²) in [5, 5.41) is 0. The van der Waals surface area contributed by atoms with Gasteiger partial charge >= 0.3 is 0 Å². The highest BCUT2D eigenvalue weighted by Crippen LogP contribution is 2.20. The van der Waals surface area contributed by atoms with Crippen LogP contribution in [-0.4, -0.2) is 28.0 Å². The minimum atomic E-state index is 0.152. The summed E-state index contributed by atoms with van der Waals surface area (Å²) >= 11 is 0. The van der Waals surface area contributed by atoms with Crippen molar-refractivity contribution in [2.45, 2.75) is 32.5 Å². The van der Waals surface area contributed by atoms with E-state index in [1.54, 1.807) is 6.26 Å². The molecular weight excluding hydrogens is 240 g/mol. The largest absolute Gasteiger partial charge is 0.468 e. The Kier molecular flexibility index (Phi) is 4.76. The lowest BCUT2D eigenvalue weighted by Crippen LogP contribution is -2.31. The molecule has 0 amide bonds. The van der Waals surface area contributed by atoms with Crippen molar-refractivity contribution >= 4 is 0 Å². The molecule has 2 aromatic rings. The minimum Gasteiger partial charge on any atom is -0.468 e. The number of likely N-dealkylation sites (N-methyl/N-ethyl adjacent to an activating group) is 1. The van der Waals surface area contributed by atoms with E-state index in [-0.39, 0.29) is 6.04 Å². The van der Waals surface area contributed by atoms with Crippen LogP contribution in [0.4, 0.5) is 0 Å². The van der Waals surface area contributed by atoms with Gasteiger partial charge in [0.15, 0.2) is 0 Å². The Morgan fingerprint density at radius 2 is 2.37 bits per heavy atom. The van der Waals surface area contributed by atoms with Crippen LogP contribution in [0.3, 0.4) is 0 Å². The van der Waals surface area contributed by atoms with Gasteiger partial charge in [0.05, 0.1) is 30.9 Å². The van der Waals surface area contributed by atoms with Gasteiger partial charge in [0.1, 0.15) is 5.76 Å². The monoisotopic (exact) mass is 262 g/mol. The van der Waals surface area contributed by atoms with Crippen molar-refractivity contribution in [1.29, 1.82) is 0 Å². The Morgan fingerprint density at radius 1 is 1.53 bits per heavy atom. The Balaban J connectivity index is 2.12. The fraction of sp³-hybridized carbons (Fsp3) is 0.500. The van der Waals surface area contributed by atoms with Crippen LogP contribution in [0, 0.1) is 0 Å². The van der Waals surface area contributed by atoms with Gasteiger partial charge in [-0.1, -0.05) is 6.92 Å². The molecule has 5 nitrogen and oxygen atoms in total. The third-order valence-electron chi connectivity index (χ3n) is 3.29. The molecule has 1 unspecified atom stereocenters. The molecule has 2 rings (SSSR count). The first kappa shape index (κ1) is 13.8. The van der Waals surface area contributed by atoms with E-state index in [1.165, 1.54) is 5.69 Å². The molecule has 0 aliphatic carbocycles. The number of hydrogen-bond donors (Lipinski definition) is 1. The van der Waals surface area contributed by atoms with Crippen LogP contribution in [0.2, 0.25) is 0 Å². The third kappa shape index (κ3) is 3.24. The molecule has 0 radical (unpaired) electrons. The highest BCUT2D eigenvalue weighted by molar-refractivity contribution is 5.07. The average Bonchev–Trinajstić information content (AvgIpc) is 3.03. The molecule has 0 saturated carbocycles. The molecule has 0 fully saturated rings. The van der Waals surface area contributed by atoms with Crippen molar-refractivity contribution in [3.05, 3.63) is 42.4 Å². The van der Waals surface area contributed by atoms with Gasteiger partial charge in [0.2, 0.25) is 0 Å². The summed E-state index contributed by atoms with van der Waals surface area (Å²) in [5.74, 6) is 0.947. The van der Waals surface area contributed by atoms with E-state index >= 15 is 0 Å². The van der Waals surface area contributed by atoms with Crippen LogP contribution in [-0.2, 0) is 13.1 Å². The quantitative estimate of drug-likeness (QED) is 0.829. The maximum absolute atomic E-state index is 5.95. The van der Waals surface area contributed by atoms with Gasteiger partial charge in [-0.25, -0.2) is 4.98 Å². The topological polar surface area (TPSA) is 60.2 Å². The molecule has 0 aromatic carbocycles. The first-order valence-corrected chi connectivity index (χ1v) is 6.69. The van der Waals surface area contributed by atoms with Crippen molar-refractivity contribution in [3.8, 4) is 0 Å². The number of furan rings is 1. The highest BCUT2D eigenvalue weighted by Gasteiger charge is 2.20. The van der Waals surface area contributed by atoms with Gasteiger partial charge in [-0.05, 0) is 25.6 Å². The Bertz CT molecular complexity index is 477. The molecular formula is C14H22N4O. The lowest BCUT2D eigenvalue weighted by atomic mass is 10.2. The van der Waals surface area contributed by atoms with Crippen LogP contribution in [0.5, 0.6) is 0 Å². The maximum Gasteiger partial charge on any atom is 0.117 e. The summed E-state index contributed by atoms with van der Waals surface area (Å²) < 4.78 is 7.57. The van der Waals surface area contributed by atoms with E-state index in [2.05, 4.69) is 28.4 Å². The van der Waals surface area contributed by atoms with E-state index < -0.39 is 0 Å². The zero-order valence-electron chi connectivity index (χ0n) is 11.6. The summed E-state index contributed by atoms with van der Waals surface area (Å²) in [6, 6.07) is 4.04. The second kappa shape index (κ2) is 6.54. The number of rotatable bonds is 7. The van der Waals surface area contributed by atoms with E-state index in [1.807, 2.05) is 24.7 Å². The van der Waals surface area contributed by atoms with Gasteiger partial charge in [-0.2, -0.15) is 0 Å². The summed E-state index contributed by atoms with van der Waals surface area (Å²) in [7, 11) is 2.06. The lowest BCUT2D eigenvalue weighted by Gasteiger charge is -2.27. The van der Waals surface area contributed by atoms with Crippen LogP contribution < -0.4 is 5.73 Å². The number of aryl methyl sites for hydroxylation is 1. The van der Waals surface area contributed by atoms with Crippen LogP contribution in [0.1, 0.15) is 30.8 Å². The molecule has 2 aromatic heterocycles. The number of imidazole rings is 1. The number of nitrogens with two attached hydrogens (primary N) is 1. The molecule has 1 atom stereocenters. The zero-order valence-corrected chi connectivity index (χ0v) is 11.6. The first-order chi connectivity index (χ1) is 9.26. The molecule has 104 valence electrons. The van der Waals surface area contributed by atoms with Crippen molar-refractivity contribution in [2.75, 3.05) is 13.6 Å². The molecule has 0 bridgehead atoms. The molecule has 0 aliphatic rings. The Morgan fingerprint density at radius 3 is 3.00 bits per heavy atom. The summed E-state index contributed by atoms with van der Waals surface area (Å²) in [5.41, 5.74) is 7.11. The van der Waals surface area contributed by atoms with Gasteiger partial charge in [-0.3, -0.25) is 4.90 Å². The fourth-order valence-electron chi connectivity index (χ4n) is 2.32. The molecule has 19 heavy (non-hydrogen) atoms. The van der Waals surface area contributed by atoms with E-state index in [4.69, 9.17) is 10.2 Å². The lowest BCUT2D eigenvalue weighted by molar-refractivity contribution is 0.214. The van der Waals surface area contributed by atoms with Crippen molar-refractivity contribution in [3.63, 3.8) is 0 Å². The van der Waals surface area contributed by atoms with E-state index in [9.17, 15) is 0 Å². The SMILES string of the molecule is CCCn1cncc1C(CN)N(C)Cc1ccco1. The van der Waals surface area contributed by atoms with Gasteiger partial charge in [0.25, 0.3) is 0 Å². The summed E-state index contributed by atoms with van der Waals surface area (Å²) in [4.78, 5) is 6.44. The fourth-order valence-corrected chi connectivity index (χ4v) is 2.32. The smallest absolute Gasteiger partial charge is 0.117 e. The number of hydrogen-bond acceptors (Lipinski definition) is 4. The van der Waals surface area contributed by atoms with Crippen molar-refractivity contribution in [2.24, 2.45) is 5.73 Å². The number of nitrogens with zero attached hydrogens (tertiary/aromatic N) is 3. The second-order valence-corrected chi connectivity index (χ2v) is 4.76. The van der Waals surface area contributed by atoms with E-state index in [0.29, 0.717) is 6.54 Å².